The van der Waals surface area contributed by atoms with Crippen molar-refractivity contribution in [3.8, 4) is 11.1 Å². The molecule has 0 amide bonds. The minimum atomic E-state index is -0.0626. The van der Waals surface area contributed by atoms with E-state index in [2.05, 4.69) is 4.98 Å². The zero-order valence-corrected chi connectivity index (χ0v) is 8.90. The number of hydrogen-bond acceptors (Lipinski definition) is 2. The lowest BCUT2D eigenvalue weighted by molar-refractivity contribution is 0.861. The van der Waals surface area contributed by atoms with Crippen molar-refractivity contribution in [3.05, 3.63) is 52.2 Å². The Hall–Kier alpha value is -1.61. The number of pyridine rings is 2. The molecule has 2 aromatic heterocycles. The van der Waals surface area contributed by atoms with E-state index < -0.39 is 0 Å². The van der Waals surface area contributed by atoms with Crippen molar-refractivity contribution in [2.45, 2.75) is 0 Å². The topological polar surface area (TPSA) is 34.9 Å². The number of nitrogens with zero attached hydrogens (tertiary/aromatic N) is 2. The highest BCUT2D eigenvalue weighted by molar-refractivity contribution is 6.32. The second kappa shape index (κ2) is 3.87. The summed E-state index contributed by atoms with van der Waals surface area (Å²) >= 11 is 5.93. The van der Waals surface area contributed by atoms with E-state index in [0.717, 1.165) is 11.1 Å². The van der Waals surface area contributed by atoms with Crippen LogP contribution in [0.25, 0.3) is 11.1 Å². The van der Waals surface area contributed by atoms with Gasteiger partial charge in [0.2, 0.25) is 0 Å². The third-order valence-electron chi connectivity index (χ3n) is 2.17. The van der Waals surface area contributed by atoms with Gasteiger partial charge in [0.15, 0.2) is 0 Å². The Labute approximate surface area is 92.0 Å². The Kier molecular flexibility index (Phi) is 2.56. The molecule has 2 heterocycles. The summed E-state index contributed by atoms with van der Waals surface area (Å²) in [6, 6.07) is 7.01. The summed E-state index contributed by atoms with van der Waals surface area (Å²) < 4.78 is 1.51. The van der Waals surface area contributed by atoms with E-state index in [9.17, 15) is 4.79 Å². The van der Waals surface area contributed by atoms with Gasteiger partial charge in [0.05, 0.1) is 0 Å². The van der Waals surface area contributed by atoms with Gasteiger partial charge in [0.25, 0.3) is 5.56 Å². The molecule has 0 aromatic carbocycles. The van der Waals surface area contributed by atoms with Gasteiger partial charge in [-0.2, -0.15) is 0 Å². The molecule has 0 aliphatic carbocycles. The Bertz CT molecular complexity index is 548. The van der Waals surface area contributed by atoms with E-state index in [-0.39, 0.29) is 5.56 Å². The Morgan fingerprint density at radius 2 is 2.20 bits per heavy atom. The van der Waals surface area contributed by atoms with Gasteiger partial charge in [-0.25, -0.2) is 4.98 Å². The largest absolute Gasteiger partial charge is 0.319 e. The van der Waals surface area contributed by atoms with E-state index in [0.29, 0.717) is 5.15 Å². The maximum absolute atomic E-state index is 11.4. The van der Waals surface area contributed by atoms with Crippen molar-refractivity contribution in [2.75, 3.05) is 0 Å². The molecule has 0 aliphatic heterocycles. The SMILES string of the molecule is Cn1ccc(-c2cccnc2Cl)cc1=O. The summed E-state index contributed by atoms with van der Waals surface area (Å²) in [7, 11) is 1.71. The van der Waals surface area contributed by atoms with Crippen LogP contribution in [0, 0.1) is 0 Å². The van der Waals surface area contributed by atoms with Crippen LogP contribution in [0.15, 0.2) is 41.5 Å². The van der Waals surface area contributed by atoms with Gasteiger partial charge in [-0.05, 0) is 23.8 Å². The van der Waals surface area contributed by atoms with E-state index in [1.54, 1.807) is 31.6 Å². The zero-order chi connectivity index (χ0) is 10.8. The molecule has 0 saturated carbocycles. The first kappa shape index (κ1) is 9.93. The Morgan fingerprint density at radius 1 is 1.40 bits per heavy atom. The number of hydrogen-bond donors (Lipinski definition) is 0. The van der Waals surface area contributed by atoms with Crippen molar-refractivity contribution in [1.82, 2.24) is 9.55 Å². The third kappa shape index (κ3) is 1.92. The van der Waals surface area contributed by atoms with E-state index in [1.807, 2.05) is 12.1 Å². The van der Waals surface area contributed by atoms with Gasteiger partial charge in [-0.15, -0.1) is 0 Å². The summed E-state index contributed by atoms with van der Waals surface area (Å²) in [5.41, 5.74) is 1.50. The molecule has 0 atom stereocenters. The van der Waals surface area contributed by atoms with Crippen LogP contribution in [0.2, 0.25) is 5.15 Å². The lowest BCUT2D eigenvalue weighted by atomic mass is 10.1. The first-order chi connectivity index (χ1) is 7.18. The maximum atomic E-state index is 11.4. The molecule has 15 heavy (non-hydrogen) atoms. The second-order valence-electron chi connectivity index (χ2n) is 3.21. The predicted octanol–water partition coefficient (Wildman–Crippen LogP) is 2.10. The summed E-state index contributed by atoms with van der Waals surface area (Å²) in [6.45, 7) is 0. The van der Waals surface area contributed by atoms with Crippen molar-refractivity contribution >= 4 is 11.6 Å². The van der Waals surface area contributed by atoms with Crippen LogP contribution in [0.5, 0.6) is 0 Å². The van der Waals surface area contributed by atoms with Gasteiger partial charge in [-0.3, -0.25) is 4.79 Å². The smallest absolute Gasteiger partial charge is 0.250 e. The van der Waals surface area contributed by atoms with Crippen LogP contribution in [0.1, 0.15) is 0 Å². The highest BCUT2D eigenvalue weighted by Gasteiger charge is 2.04. The summed E-state index contributed by atoms with van der Waals surface area (Å²) in [5.74, 6) is 0. The summed E-state index contributed by atoms with van der Waals surface area (Å²) in [6.07, 6.45) is 3.33. The van der Waals surface area contributed by atoms with Crippen molar-refractivity contribution < 1.29 is 0 Å². The molecular formula is C11H9ClN2O. The lowest BCUT2D eigenvalue weighted by Crippen LogP contribution is -2.14. The zero-order valence-electron chi connectivity index (χ0n) is 8.14. The number of rotatable bonds is 1. The Morgan fingerprint density at radius 3 is 2.87 bits per heavy atom. The molecule has 0 fully saturated rings. The summed E-state index contributed by atoms with van der Waals surface area (Å²) in [5, 5.41) is 0.408. The average Bonchev–Trinajstić information content (AvgIpc) is 2.23. The third-order valence-corrected chi connectivity index (χ3v) is 2.48. The van der Waals surface area contributed by atoms with E-state index in [4.69, 9.17) is 11.6 Å². The highest BCUT2D eigenvalue weighted by Crippen LogP contribution is 2.23. The number of aromatic nitrogens is 2. The normalized spacial score (nSPS) is 10.3. The van der Waals surface area contributed by atoms with Crippen LogP contribution in [-0.2, 0) is 7.05 Å². The minimum Gasteiger partial charge on any atom is -0.319 e. The van der Waals surface area contributed by atoms with Crippen molar-refractivity contribution in [1.29, 1.82) is 0 Å². The van der Waals surface area contributed by atoms with Crippen LogP contribution in [-0.4, -0.2) is 9.55 Å². The van der Waals surface area contributed by atoms with E-state index >= 15 is 0 Å². The standard InChI is InChI=1S/C11H9ClN2O/c1-14-6-4-8(7-10(14)15)9-3-2-5-13-11(9)12/h2-7H,1H3. The quantitative estimate of drug-likeness (QED) is 0.690. The number of aryl methyl sites for hydroxylation is 1. The molecule has 4 heteroatoms. The molecule has 2 aromatic rings. The fourth-order valence-electron chi connectivity index (χ4n) is 1.32. The molecule has 0 spiro atoms. The molecule has 76 valence electrons. The van der Waals surface area contributed by atoms with Gasteiger partial charge in [0, 0.05) is 31.1 Å². The number of halogens is 1. The van der Waals surface area contributed by atoms with Gasteiger partial charge >= 0.3 is 0 Å². The maximum Gasteiger partial charge on any atom is 0.250 e. The predicted molar refractivity (Wildman–Crippen MR) is 59.9 cm³/mol. The highest BCUT2D eigenvalue weighted by atomic mass is 35.5. The van der Waals surface area contributed by atoms with Gasteiger partial charge in [-0.1, -0.05) is 11.6 Å². The molecule has 0 saturated heterocycles. The van der Waals surface area contributed by atoms with Crippen LogP contribution in [0.4, 0.5) is 0 Å². The fourth-order valence-corrected chi connectivity index (χ4v) is 1.55. The molecule has 0 unspecified atom stereocenters. The first-order valence-electron chi connectivity index (χ1n) is 4.46. The fraction of sp³-hybridized carbons (Fsp3) is 0.0909. The van der Waals surface area contributed by atoms with E-state index in [1.165, 1.54) is 4.57 Å². The van der Waals surface area contributed by atoms with Gasteiger partial charge in [0.1, 0.15) is 5.15 Å². The monoisotopic (exact) mass is 220 g/mol. The second-order valence-corrected chi connectivity index (χ2v) is 3.56. The molecule has 3 nitrogen and oxygen atoms in total. The Balaban J connectivity index is 2.60. The van der Waals surface area contributed by atoms with Crippen molar-refractivity contribution in [3.63, 3.8) is 0 Å². The lowest BCUT2D eigenvalue weighted by Gasteiger charge is -2.03. The van der Waals surface area contributed by atoms with Crippen LogP contribution >= 0.6 is 11.6 Å². The van der Waals surface area contributed by atoms with Crippen LogP contribution in [0.3, 0.4) is 0 Å². The minimum absolute atomic E-state index is 0.0626. The molecule has 0 radical (unpaired) electrons. The molecular weight excluding hydrogens is 212 g/mol. The molecule has 0 N–H and O–H groups in total. The summed E-state index contributed by atoms with van der Waals surface area (Å²) in [4.78, 5) is 15.4. The molecule has 0 aliphatic rings. The molecule has 2 rings (SSSR count). The van der Waals surface area contributed by atoms with Crippen molar-refractivity contribution in [2.24, 2.45) is 7.05 Å². The first-order valence-corrected chi connectivity index (χ1v) is 4.84. The van der Waals surface area contributed by atoms with Crippen LogP contribution < -0.4 is 5.56 Å². The molecule has 0 bridgehead atoms. The average molecular weight is 221 g/mol. The van der Waals surface area contributed by atoms with Gasteiger partial charge < -0.3 is 4.57 Å².